The van der Waals surface area contributed by atoms with Gasteiger partial charge < -0.3 is 4.74 Å². The molecule has 50 heavy (non-hydrogen) atoms. The zero-order valence-corrected chi connectivity index (χ0v) is 30.5. The van der Waals surface area contributed by atoms with Crippen molar-refractivity contribution in [1.29, 1.82) is 0 Å². The highest BCUT2D eigenvalue weighted by atomic mass is 16.5. The van der Waals surface area contributed by atoms with Gasteiger partial charge in [0.25, 0.3) is 0 Å². The van der Waals surface area contributed by atoms with Gasteiger partial charge in [0.1, 0.15) is 17.3 Å². The van der Waals surface area contributed by atoms with Crippen LogP contribution < -0.4 is 4.74 Å². The molecule has 0 saturated heterocycles. The van der Waals surface area contributed by atoms with Gasteiger partial charge in [0.15, 0.2) is 0 Å². The molecule has 0 atom stereocenters. The van der Waals surface area contributed by atoms with Crippen LogP contribution in [0.4, 0.5) is 0 Å². The average molecular weight is 661 g/mol. The molecule has 0 fully saturated rings. The highest BCUT2D eigenvalue weighted by Gasteiger charge is 2.18. The van der Waals surface area contributed by atoms with E-state index in [1.165, 1.54) is 45.0 Å². The summed E-state index contributed by atoms with van der Waals surface area (Å²) in [7, 11) is 0. The van der Waals surface area contributed by atoms with Gasteiger partial charge >= 0.3 is 0 Å². The predicted molar refractivity (Wildman–Crippen MR) is 208 cm³/mol. The fraction of sp³-hybridized carbons (Fsp3) is 0.289. The lowest BCUT2D eigenvalue weighted by molar-refractivity contribution is 0.481. The molecule has 0 N–H and O–H groups in total. The number of aryl methyl sites for hydroxylation is 4. The Morgan fingerprint density at radius 3 is 2.16 bits per heavy atom. The van der Waals surface area contributed by atoms with Gasteiger partial charge in [-0.15, -0.1) is 0 Å². The number of hydrogen-bond acceptors (Lipinski definition) is 3. The second kappa shape index (κ2) is 14.0. The van der Waals surface area contributed by atoms with Crippen LogP contribution in [0.3, 0.4) is 0 Å². The molecule has 0 spiro atoms. The summed E-state index contributed by atoms with van der Waals surface area (Å²) in [6.07, 6.45) is 6.21. The Morgan fingerprint density at radius 1 is 0.660 bits per heavy atom. The van der Waals surface area contributed by atoms with Crippen molar-refractivity contribution in [3.63, 3.8) is 0 Å². The zero-order chi connectivity index (χ0) is 34.9. The Hall–Kier alpha value is -5.16. The monoisotopic (exact) mass is 660 g/mol. The maximum absolute atomic E-state index is 6.78. The van der Waals surface area contributed by atoms with Gasteiger partial charge in [-0.25, -0.2) is 9.67 Å². The quantitative estimate of drug-likeness (QED) is 0.139. The van der Waals surface area contributed by atoms with Gasteiger partial charge in [0.05, 0.1) is 22.4 Å². The Bertz CT molecular complexity index is 2290. The summed E-state index contributed by atoms with van der Waals surface area (Å²) in [5.41, 5.74) is 11.5. The van der Waals surface area contributed by atoms with Gasteiger partial charge in [-0.2, -0.15) is 5.10 Å². The van der Waals surface area contributed by atoms with E-state index in [2.05, 4.69) is 149 Å². The van der Waals surface area contributed by atoms with Gasteiger partial charge in [0.2, 0.25) is 0 Å². The molecule has 0 saturated carbocycles. The standard InChI is InChI=1S/C45H48N4O/c1-29(2)13-15-34-17-20-42-41(26-34)40-19-18-38(28-43(40)48(42)44-23-31(5)21-22-46-44)50-39-25-35(16-14-30(3)4)24-37(27-39)49-33(7)45(32(6)47-49)36-11-9-8-10-12-36/h8-12,17-30H,13-16H2,1-7H3. The number of hydrogen-bond donors (Lipinski definition) is 0. The lowest BCUT2D eigenvalue weighted by Crippen LogP contribution is -2.02. The van der Waals surface area contributed by atoms with Crippen molar-refractivity contribution in [1.82, 2.24) is 19.3 Å². The number of fused-ring (bicyclic) bond motifs is 3. The number of benzene rings is 4. The first-order valence-corrected chi connectivity index (χ1v) is 18.1. The second-order valence-corrected chi connectivity index (χ2v) is 14.7. The molecule has 0 radical (unpaired) electrons. The maximum Gasteiger partial charge on any atom is 0.137 e. The van der Waals surface area contributed by atoms with Crippen molar-refractivity contribution in [3.8, 4) is 34.1 Å². The van der Waals surface area contributed by atoms with Crippen molar-refractivity contribution in [3.05, 3.63) is 131 Å². The molecule has 7 aromatic rings. The molecule has 0 bridgehead atoms. The Labute approximate surface area is 296 Å². The summed E-state index contributed by atoms with van der Waals surface area (Å²) in [5, 5.41) is 7.48. The molecule has 5 heteroatoms. The second-order valence-electron chi connectivity index (χ2n) is 14.7. The fourth-order valence-corrected chi connectivity index (χ4v) is 7.09. The van der Waals surface area contributed by atoms with Gasteiger partial charge in [-0.3, -0.25) is 4.57 Å². The first-order chi connectivity index (χ1) is 24.1. The third-order valence-corrected chi connectivity index (χ3v) is 9.74. The SMILES string of the molecule is Cc1ccnc(-n2c3ccc(CCC(C)C)cc3c3ccc(Oc4cc(CCC(C)C)cc(-n5nc(C)c(-c6ccccc6)c5C)c4)cc32)c1. The maximum atomic E-state index is 6.78. The zero-order valence-electron chi connectivity index (χ0n) is 30.5. The average Bonchev–Trinajstić information content (AvgIpc) is 3.58. The summed E-state index contributed by atoms with van der Waals surface area (Å²) in [5.74, 6) is 3.78. The van der Waals surface area contributed by atoms with Gasteiger partial charge in [-0.1, -0.05) is 64.1 Å². The normalized spacial score (nSPS) is 11.8. The number of aromatic nitrogens is 4. The Kier molecular flexibility index (Phi) is 9.33. The predicted octanol–water partition coefficient (Wildman–Crippen LogP) is 11.9. The van der Waals surface area contributed by atoms with Crippen LogP contribution in [-0.2, 0) is 12.8 Å². The molecule has 0 unspecified atom stereocenters. The molecule has 0 aliphatic carbocycles. The van der Waals surface area contributed by atoms with Crippen LogP contribution in [0.1, 0.15) is 68.6 Å². The van der Waals surface area contributed by atoms with E-state index in [1.807, 2.05) is 12.3 Å². The molecule has 0 aliphatic heterocycles. The number of pyridine rings is 1. The molecular formula is C45H48N4O. The van der Waals surface area contributed by atoms with E-state index >= 15 is 0 Å². The molecule has 0 amide bonds. The van der Waals surface area contributed by atoms with Crippen molar-refractivity contribution >= 4 is 21.8 Å². The van der Waals surface area contributed by atoms with Gasteiger partial charge in [0, 0.05) is 40.4 Å². The van der Waals surface area contributed by atoms with Crippen LogP contribution in [0.5, 0.6) is 11.5 Å². The number of ether oxygens (including phenoxy) is 1. The topological polar surface area (TPSA) is 44.9 Å². The molecule has 3 heterocycles. The lowest BCUT2D eigenvalue weighted by Gasteiger charge is -2.14. The third kappa shape index (κ3) is 6.82. The summed E-state index contributed by atoms with van der Waals surface area (Å²) < 4.78 is 11.1. The molecular weight excluding hydrogens is 613 g/mol. The minimum Gasteiger partial charge on any atom is -0.457 e. The summed E-state index contributed by atoms with van der Waals surface area (Å²) in [4.78, 5) is 4.82. The van der Waals surface area contributed by atoms with E-state index in [-0.39, 0.29) is 0 Å². The van der Waals surface area contributed by atoms with Crippen LogP contribution in [-0.4, -0.2) is 19.3 Å². The van der Waals surface area contributed by atoms with E-state index < -0.39 is 0 Å². The highest BCUT2D eigenvalue weighted by Crippen LogP contribution is 2.37. The molecule has 5 nitrogen and oxygen atoms in total. The number of rotatable bonds is 11. The van der Waals surface area contributed by atoms with Gasteiger partial charge in [-0.05, 0) is 129 Å². The highest BCUT2D eigenvalue weighted by molar-refractivity contribution is 6.09. The summed E-state index contributed by atoms with van der Waals surface area (Å²) in [6.45, 7) is 15.5. The van der Waals surface area contributed by atoms with Crippen LogP contribution in [0.15, 0.2) is 103 Å². The first-order valence-electron chi connectivity index (χ1n) is 18.1. The van der Waals surface area contributed by atoms with E-state index in [0.29, 0.717) is 11.8 Å². The Balaban J connectivity index is 1.32. The van der Waals surface area contributed by atoms with Crippen molar-refractivity contribution in [2.45, 2.75) is 74.1 Å². The largest absolute Gasteiger partial charge is 0.457 e. The van der Waals surface area contributed by atoms with Crippen molar-refractivity contribution in [2.75, 3.05) is 0 Å². The number of nitrogens with zero attached hydrogens (tertiary/aromatic N) is 4. The van der Waals surface area contributed by atoms with Crippen molar-refractivity contribution in [2.24, 2.45) is 11.8 Å². The summed E-state index contributed by atoms with van der Waals surface area (Å²) in [6, 6.07) is 34.7. The van der Waals surface area contributed by atoms with Crippen LogP contribution in [0, 0.1) is 32.6 Å². The smallest absolute Gasteiger partial charge is 0.137 e. The molecule has 254 valence electrons. The van der Waals surface area contributed by atoms with E-state index in [9.17, 15) is 0 Å². The van der Waals surface area contributed by atoms with Crippen molar-refractivity contribution < 1.29 is 4.74 Å². The van der Waals surface area contributed by atoms with E-state index in [0.717, 1.165) is 64.7 Å². The van der Waals surface area contributed by atoms with E-state index in [4.69, 9.17) is 14.8 Å². The summed E-state index contributed by atoms with van der Waals surface area (Å²) >= 11 is 0. The van der Waals surface area contributed by atoms with E-state index in [1.54, 1.807) is 0 Å². The molecule has 4 aromatic carbocycles. The minimum atomic E-state index is 0.604. The minimum absolute atomic E-state index is 0.604. The van der Waals surface area contributed by atoms with Crippen LogP contribution in [0.2, 0.25) is 0 Å². The Morgan fingerprint density at radius 2 is 1.42 bits per heavy atom. The van der Waals surface area contributed by atoms with Crippen LogP contribution >= 0.6 is 0 Å². The van der Waals surface area contributed by atoms with Crippen LogP contribution in [0.25, 0.3) is 44.4 Å². The third-order valence-electron chi connectivity index (χ3n) is 9.74. The molecule has 0 aliphatic rings. The fourth-order valence-electron chi connectivity index (χ4n) is 7.09. The molecule has 3 aromatic heterocycles. The first kappa shape index (κ1) is 33.3. The lowest BCUT2D eigenvalue weighted by atomic mass is 10.0. The molecule has 7 rings (SSSR count).